The number of amides is 1. The molecule has 3 rings (SSSR count). The molecule has 0 heterocycles. The second kappa shape index (κ2) is 8.40. The van der Waals surface area contributed by atoms with Crippen molar-refractivity contribution in [1.29, 1.82) is 0 Å². The lowest BCUT2D eigenvalue weighted by atomic mass is 10.1. The fraction of sp³-hybridized carbons (Fsp3) is 0.143. The van der Waals surface area contributed by atoms with Crippen molar-refractivity contribution in [1.82, 2.24) is 5.32 Å². The van der Waals surface area contributed by atoms with Gasteiger partial charge in [-0.05, 0) is 36.4 Å². The van der Waals surface area contributed by atoms with E-state index in [1.54, 1.807) is 0 Å². The van der Waals surface area contributed by atoms with Crippen molar-refractivity contribution in [2.45, 2.75) is 12.6 Å². The van der Waals surface area contributed by atoms with Crippen molar-refractivity contribution >= 4 is 11.7 Å². The van der Waals surface area contributed by atoms with Gasteiger partial charge in [-0.25, -0.2) is 4.39 Å². The third kappa shape index (κ3) is 4.86. The summed E-state index contributed by atoms with van der Waals surface area (Å²) in [5.74, 6) is -2.13. The molecule has 1 N–H and O–H groups in total. The molecule has 0 aliphatic heterocycles. The van der Waals surface area contributed by atoms with Gasteiger partial charge >= 0.3 is 6.18 Å². The third-order valence-corrected chi connectivity index (χ3v) is 4.09. The molecule has 1 aliphatic carbocycles. The number of halogens is 4. The molecule has 30 heavy (non-hydrogen) atoms. The summed E-state index contributed by atoms with van der Waals surface area (Å²) in [7, 11) is 1.30. The van der Waals surface area contributed by atoms with E-state index in [2.05, 4.69) is 5.32 Å². The lowest BCUT2D eigenvalue weighted by Gasteiger charge is -2.16. The van der Waals surface area contributed by atoms with E-state index in [0.717, 1.165) is 24.3 Å². The molecule has 1 aliphatic rings. The fourth-order valence-electron chi connectivity index (χ4n) is 2.68. The van der Waals surface area contributed by atoms with E-state index in [9.17, 15) is 27.2 Å². The molecule has 0 saturated carbocycles. The third-order valence-electron chi connectivity index (χ3n) is 4.09. The molecule has 0 aromatic heterocycles. The zero-order valence-corrected chi connectivity index (χ0v) is 15.5. The van der Waals surface area contributed by atoms with Crippen molar-refractivity contribution in [2.75, 3.05) is 7.11 Å². The van der Waals surface area contributed by atoms with Crippen LogP contribution in [0.2, 0.25) is 0 Å². The van der Waals surface area contributed by atoms with Gasteiger partial charge in [0.25, 0.3) is 5.91 Å². The molecule has 156 valence electrons. The van der Waals surface area contributed by atoms with Crippen LogP contribution in [0.25, 0.3) is 0 Å². The number of hydrogen-bond donors (Lipinski definition) is 1. The molecule has 0 bridgehead atoms. The predicted molar refractivity (Wildman–Crippen MR) is 98.8 cm³/mol. The highest BCUT2D eigenvalue weighted by molar-refractivity contribution is 6.00. The van der Waals surface area contributed by atoms with E-state index < -0.39 is 29.0 Å². The van der Waals surface area contributed by atoms with Crippen LogP contribution < -0.4 is 14.8 Å². The monoisotopic (exact) mass is 421 g/mol. The highest BCUT2D eigenvalue weighted by atomic mass is 19.4. The Labute approximate surface area is 168 Å². The number of hydrogen-bond acceptors (Lipinski definition) is 4. The second-order valence-electron chi connectivity index (χ2n) is 6.23. The largest absolute Gasteiger partial charge is 0.493 e. The summed E-state index contributed by atoms with van der Waals surface area (Å²) < 4.78 is 63.7. The molecule has 0 fully saturated rings. The normalized spacial score (nSPS) is 13.6. The Morgan fingerprint density at radius 2 is 1.80 bits per heavy atom. The molecule has 1 amide bonds. The van der Waals surface area contributed by atoms with Gasteiger partial charge in [0.2, 0.25) is 0 Å². The number of alkyl halides is 3. The van der Waals surface area contributed by atoms with E-state index in [0.29, 0.717) is 6.07 Å². The van der Waals surface area contributed by atoms with Crippen LogP contribution in [0.3, 0.4) is 0 Å². The van der Waals surface area contributed by atoms with Crippen LogP contribution in [0.5, 0.6) is 17.2 Å². The van der Waals surface area contributed by atoms with E-state index >= 15 is 0 Å². The van der Waals surface area contributed by atoms with Gasteiger partial charge in [0.15, 0.2) is 17.3 Å². The smallest absolute Gasteiger partial charge is 0.416 e. The summed E-state index contributed by atoms with van der Waals surface area (Å²) >= 11 is 0. The summed E-state index contributed by atoms with van der Waals surface area (Å²) in [6.45, 7) is 0. The van der Waals surface area contributed by atoms with Crippen molar-refractivity contribution < 1.29 is 36.6 Å². The number of rotatable bonds is 5. The van der Waals surface area contributed by atoms with Gasteiger partial charge in [0.05, 0.1) is 18.2 Å². The van der Waals surface area contributed by atoms with Crippen LogP contribution in [0, 0.1) is 5.82 Å². The molecule has 0 atom stereocenters. The average molecular weight is 421 g/mol. The number of nitrogens with one attached hydrogen (secondary N) is 1. The van der Waals surface area contributed by atoms with Gasteiger partial charge < -0.3 is 14.8 Å². The van der Waals surface area contributed by atoms with Gasteiger partial charge in [-0.2, -0.15) is 13.2 Å². The predicted octanol–water partition coefficient (Wildman–Crippen LogP) is 4.79. The Hall–Kier alpha value is -3.62. The summed E-state index contributed by atoms with van der Waals surface area (Å²) in [6, 6.07) is 5.68. The van der Waals surface area contributed by atoms with Crippen LogP contribution in [0.4, 0.5) is 17.6 Å². The number of carbonyl (C=O) groups excluding carboxylic acids is 2. The number of ketones is 1. The van der Waals surface area contributed by atoms with Gasteiger partial charge in [-0.1, -0.05) is 6.08 Å². The second-order valence-corrected chi connectivity index (χ2v) is 6.23. The first kappa shape index (κ1) is 21.1. The molecular formula is C21H15F4NO4. The zero-order chi connectivity index (χ0) is 21.9. The number of methoxy groups -OCH3 is 1. The van der Waals surface area contributed by atoms with E-state index in [1.807, 2.05) is 0 Å². The molecule has 2 aromatic rings. The van der Waals surface area contributed by atoms with Crippen molar-refractivity contribution in [3.63, 3.8) is 0 Å². The van der Waals surface area contributed by atoms with Crippen LogP contribution >= 0.6 is 0 Å². The first-order valence-corrected chi connectivity index (χ1v) is 8.62. The average Bonchev–Trinajstić information content (AvgIpc) is 2.67. The first-order valence-electron chi connectivity index (χ1n) is 8.62. The molecule has 2 aromatic carbocycles. The molecule has 0 unspecified atom stereocenters. The van der Waals surface area contributed by atoms with Gasteiger partial charge in [-0.3, -0.25) is 9.59 Å². The minimum Gasteiger partial charge on any atom is -0.493 e. The SMILES string of the molecule is COc1ccc(F)cc1Oc1ccc(C(F)(F)F)cc1C(=O)NC1=CC(=O)CC=C1. The van der Waals surface area contributed by atoms with Crippen molar-refractivity contribution in [3.05, 3.63) is 77.3 Å². The molecule has 0 saturated heterocycles. The lowest BCUT2D eigenvalue weighted by molar-refractivity contribution is -0.137. The van der Waals surface area contributed by atoms with Crippen LogP contribution in [-0.2, 0) is 11.0 Å². The molecule has 9 heteroatoms. The highest BCUT2D eigenvalue weighted by Crippen LogP contribution is 2.37. The molecule has 0 radical (unpaired) electrons. The van der Waals surface area contributed by atoms with Crippen molar-refractivity contribution in [3.8, 4) is 17.2 Å². The Morgan fingerprint density at radius 3 is 2.47 bits per heavy atom. The summed E-state index contributed by atoms with van der Waals surface area (Å²) in [5.41, 5.74) is -1.40. The summed E-state index contributed by atoms with van der Waals surface area (Å²) in [4.78, 5) is 24.2. The Morgan fingerprint density at radius 1 is 1.07 bits per heavy atom. The molecular weight excluding hydrogens is 406 g/mol. The minimum atomic E-state index is -4.70. The molecule has 0 spiro atoms. The lowest BCUT2D eigenvalue weighted by Crippen LogP contribution is -2.24. The standard InChI is InChI=1S/C21H15F4NO4/c1-29-18-8-6-13(22)10-19(18)30-17-7-5-12(21(23,24)25)9-16(17)20(28)26-14-3-2-4-15(27)11-14/h2-3,5-11H,4H2,1H3,(H,26,28). The Balaban J connectivity index is 2.01. The molecule has 5 nitrogen and oxygen atoms in total. The quantitative estimate of drug-likeness (QED) is 0.706. The minimum absolute atomic E-state index is 0.117. The Kier molecular flexibility index (Phi) is 5.91. The fourth-order valence-corrected chi connectivity index (χ4v) is 2.68. The van der Waals surface area contributed by atoms with E-state index in [1.165, 1.54) is 31.4 Å². The van der Waals surface area contributed by atoms with Crippen LogP contribution in [-0.4, -0.2) is 18.8 Å². The van der Waals surface area contributed by atoms with Crippen LogP contribution in [0.15, 0.2) is 60.3 Å². The summed E-state index contributed by atoms with van der Waals surface area (Å²) in [6.07, 6.45) is -0.398. The van der Waals surface area contributed by atoms with E-state index in [-0.39, 0.29) is 35.1 Å². The Bertz CT molecular complexity index is 1060. The maximum Gasteiger partial charge on any atom is 0.416 e. The number of allylic oxidation sites excluding steroid dienone is 3. The highest BCUT2D eigenvalue weighted by Gasteiger charge is 2.32. The number of carbonyl (C=O) groups is 2. The maximum absolute atomic E-state index is 13.6. The zero-order valence-electron chi connectivity index (χ0n) is 15.5. The van der Waals surface area contributed by atoms with E-state index in [4.69, 9.17) is 9.47 Å². The summed E-state index contributed by atoms with van der Waals surface area (Å²) in [5, 5.41) is 2.37. The van der Waals surface area contributed by atoms with Crippen molar-refractivity contribution in [2.24, 2.45) is 0 Å². The van der Waals surface area contributed by atoms with Gasteiger partial charge in [-0.15, -0.1) is 0 Å². The van der Waals surface area contributed by atoms with Gasteiger partial charge in [0, 0.05) is 24.3 Å². The number of benzene rings is 2. The topological polar surface area (TPSA) is 64.6 Å². The van der Waals surface area contributed by atoms with Gasteiger partial charge in [0.1, 0.15) is 11.6 Å². The maximum atomic E-state index is 13.6. The number of ether oxygens (including phenoxy) is 2. The first-order chi connectivity index (χ1) is 14.2. The van der Waals surface area contributed by atoms with Crippen LogP contribution in [0.1, 0.15) is 22.3 Å².